The van der Waals surface area contributed by atoms with Gasteiger partial charge in [0.05, 0.1) is 7.11 Å². The number of nitrogens with one attached hydrogen (secondary N) is 1. The summed E-state index contributed by atoms with van der Waals surface area (Å²) in [5, 5.41) is 0. The second-order valence-corrected chi connectivity index (χ2v) is 3.85. The molecule has 3 nitrogen and oxygen atoms in total. The summed E-state index contributed by atoms with van der Waals surface area (Å²) >= 11 is 0. The SMILES string of the molecule is CONCc1ccccc1N1CCCC1. The van der Waals surface area contributed by atoms with Crippen molar-refractivity contribution in [3.05, 3.63) is 29.8 Å². The zero-order valence-electron chi connectivity index (χ0n) is 9.20. The van der Waals surface area contributed by atoms with Gasteiger partial charge in [0.1, 0.15) is 0 Å². The highest BCUT2D eigenvalue weighted by Crippen LogP contribution is 2.24. The van der Waals surface area contributed by atoms with Crippen molar-refractivity contribution in [2.75, 3.05) is 25.1 Å². The molecular formula is C12H18N2O. The number of rotatable bonds is 4. The number of para-hydroxylation sites is 1. The summed E-state index contributed by atoms with van der Waals surface area (Å²) in [6, 6.07) is 8.52. The third-order valence-electron chi connectivity index (χ3n) is 2.85. The van der Waals surface area contributed by atoms with Gasteiger partial charge in [0, 0.05) is 25.3 Å². The topological polar surface area (TPSA) is 24.5 Å². The monoisotopic (exact) mass is 206 g/mol. The third kappa shape index (κ3) is 2.49. The van der Waals surface area contributed by atoms with E-state index in [-0.39, 0.29) is 0 Å². The fraction of sp³-hybridized carbons (Fsp3) is 0.500. The molecule has 1 heterocycles. The average Bonchev–Trinajstić information content (AvgIpc) is 2.80. The van der Waals surface area contributed by atoms with E-state index in [1.165, 1.54) is 37.2 Å². The Labute approximate surface area is 91.0 Å². The van der Waals surface area contributed by atoms with Gasteiger partial charge >= 0.3 is 0 Å². The lowest BCUT2D eigenvalue weighted by atomic mass is 10.1. The van der Waals surface area contributed by atoms with Gasteiger partial charge in [-0.1, -0.05) is 18.2 Å². The van der Waals surface area contributed by atoms with E-state index in [0.717, 1.165) is 6.54 Å². The highest BCUT2D eigenvalue weighted by molar-refractivity contribution is 5.54. The summed E-state index contributed by atoms with van der Waals surface area (Å²) in [5.41, 5.74) is 5.56. The minimum absolute atomic E-state index is 0.767. The lowest BCUT2D eigenvalue weighted by Gasteiger charge is -2.21. The minimum atomic E-state index is 0.767. The Morgan fingerprint density at radius 1 is 1.27 bits per heavy atom. The normalized spacial score (nSPS) is 15.9. The summed E-state index contributed by atoms with van der Waals surface area (Å²) in [7, 11) is 1.65. The van der Waals surface area contributed by atoms with Crippen LogP contribution in [-0.2, 0) is 11.4 Å². The maximum atomic E-state index is 4.89. The average molecular weight is 206 g/mol. The molecule has 1 aliphatic heterocycles. The summed E-state index contributed by atoms with van der Waals surface area (Å²) < 4.78 is 0. The fourth-order valence-electron chi connectivity index (χ4n) is 2.08. The van der Waals surface area contributed by atoms with Gasteiger partial charge < -0.3 is 9.74 Å². The highest BCUT2D eigenvalue weighted by atomic mass is 16.6. The van der Waals surface area contributed by atoms with E-state index in [1.807, 2.05) is 0 Å². The number of hydroxylamine groups is 1. The molecule has 1 aromatic rings. The Balaban J connectivity index is 2.13. The molecule has 82 valence electrons. The maximum absolute atomic E-state index is 4.89. The van der Waals surface area contributed by atoms with Crippen LogP contribution in [0.3, 0.4) is 0 Å². The molecule has 0 spiro atoms. The van der Waals surface area contributed by atoms with E-state index < -0.39 is 0 Å². The van der Waals surface area contributed by atoms with Crippen LogP contribution < -0.4 is 10.4 Å². The van der Waals surface area contributed by atoms with Gasteiger partial charge in [-0.15, -0.1) is 0 Å². The highest BCUT2D eigenvalue weighted by Gasteiger charge is 2.14. The molecule has 0 atom stereocenters. The molecule has 0 radical (unpaired) electrons. The van der Waals surface area contributed by atoms with Crippen LogP contribution in [0.2, 0.25) is 0 Å². The number of nitrogens with zero attached hydrogens (tertiary/aromatic N) is 1. The zero-order valence-corrected chi connectivity index (χ0v) is 9.20. The van der Waals surface area contributed by atoms with E-state index in [9.17, 15) is 0 Å². The van der Waals surface area contributed by atoms with Crippen LogP contribution in [0.1, 0.15) is 18.4 Å². The first-order valence-corrected chi connectivity index (χ1v) is 5.50. The van der Waals surface area contributed by atoms with Crippen molar-refractivity contribution >= 4 is 5.69 Å². The molecular weight excluding hydrogens is 188 g/mol. The molecule has 1 saturated heterocycles. The molecule has 1 aromatic carbocycles. The molecule has 3 heteroatoms. The van der Waals surface area contributed by atoms with Crippen LogP contribution in [0.4, 0.5) is 5.69 Å². The molecule has 0 aromatic heterocycles. The Bertz CT molecular complexity index is 308. The molecule has 0 saturated carbocycles. The first-order chi connectivity index (χ1) is 7.42. The van der Waals surface area contributed by atoms with Gasteiger partial charge in [0.25, 0.3) is 0 Å². The summed E-state index contributed by atoms with van der Waals surface area (Å²) in [4.78, 5) is 7.35. The summed E-state index contributed by atoms with van der Waals surface area (Å²) in [6.07, 6.45) is 2.62. The van der Waals surface area contributed by atoms with Gasteiger partial charge in [-0.2, -0.15) is 5.48 Å². The number of hydrogen-bond donors (Lipinski definition) is 1. The van der Waals surface area contributed by atoms with Crippen LogP contribution in [0.25, 0.3) is 0 Å². The minimum Gasteiger partial charge on any atom is -0.371 e. The second kappa shape index (κ2) is 5.14. The van der Waals surface area contributed by atoms with Crippen molar-refractivity contribution in [1.82, 2.24) is 5.48 Å². The van der Waals surface area contributed by atoms with Crippen molar-refractivity contribution in [1.29, 1.82) is 0 Å². The Morgan fingerprint density at radius 3 is 2.73 bits per heavy atom. The van der Waals surface area contributed by atoms with E-state index in [2.05, 4.69) is 34.6 Å². The predicted molar refractivity (Wildman–Crippen MR) is 61.7 cm³/mol. The zero-order chi connectivity index (χ0) is 10.5. The smallest absolute Gasteiger partial charge is 0.0572 e. The predicted octanol–water partition coefficient (Wildman–Crippen LogP) is 1.94. The first-order valence-electron chi connectivity index (χ1n) is 5.50. The molecule has 0 bridgehead atoms. The first kappa shape index (κ1) is 10.5. The van der Waals surface area contributed by atoms with E-state index in [4.69, 9.17) is 4.84 Å². The quantitative estimate of drug-likeness (QED) is 0.762. The standard InChI is InChI=1S/C12H18N2O/c1-15-13-10-11-6-2-3-7-12(11)14-8-4-5-9-14/h2-3,6-7,13H,4-5,8-10H2,1H3. The third-order valence-corrected chi connectivity index (χ3v) is 2.85. The molecule has 0 aliphatic carbocycles. The van der Waals surface area contributed by atoms with Crippen LogP contribution >= 0.6 is 0 Å². The molecule has 1 aliphatic rings. The lowest BCUT2D eigenvalue weighted by molar-refractivity contribution is 0.0868. The van der Waals surface area contributed by atoms with Gasteiger partial charge in [0.15, 0.2) is 0 Å². The Hall–Kier alpha value is -1.06. The molecule has 0 amide bonds. The van der Waals surface area contributed by atoms with Crippen molar-refractivity contribution in [2.45, 2.75) is 19.4 Å². The van der Waals surface area contributed by atoms with Gasteiger partial charge in [-0.05, 0) is 24.5 Å². The second-order valence-electron chi connectivity index (χ2n) is 3.85. The number of anilines is 1. The molecule has 1 fully saturated rings. The maximum Gasteiger partial charge on any atom is 0.0572 e. The fourth-order valence-corrected chi connectivity index (χ4v) is 2.08. The van der Waals surface area contributed by atoms with E-state index in [0.29, 0.717) is 0 Å². The molecule has 15 heavy (non-hydrogen) atoms. The van der Waals surface area contributed by atoms with E-state index in [1.54, 1.807) is 7.11 Å². The molecule has 0 unspecified atom stereocenters. The van der Waals surface area contributed by atoms with Crippen LogP contribution in [0.15, 0.2) is 24.3 Å². The lowest BCUT2D eigenvalue weighted by Crippen LogP contribution is -2.21. The summed E-state index contributed by atoms with van der Waals surface area (Å²) in [5.74, 6) is 0. The largest absolute Gasteiger partial charge is 0.371 e. The van der Waals surface area contributed by atoms with Gasteiger partial charge in [0.2, 0.25) is 0 Å². The van der Waals surface area contributed by atoms with Crippen LogP contribution in [-0.4, -0.2) is 20.2 Å². The van der Waals surface area contributed by atoms with Crippen molar-refractivity contribution in [2.24, 2.45) is 0 Å². The Morgan fingerprint density at radius 2 is 2.00 bits per heavy atom. The molecule has 1 N–H and O–H groups in total. The van der Waals surface area contributed by atoms with Crippen molar-refractivity contribution in [3.63, 3.8) is 0 Å². The number of hydrogen-bond acceptors (Lipinski definition) is 3. The van der Waals surface area contributed by atoms with Gasteiger partial charge in [-0.25, -0.2) is 0 Å². The van der Waals surface area contributed by atoms with Crippen LogP contribution in [0, 0.1) is 0 Å². The van der Waals surface area contributed by atoms with Gasteiger partial charge in [-0.3, -0.25) is 0 Å². The van der Waals surface area contributed by atoms with E-state index >= 15 is 0 Å². The Kier molecular flexibility index (Phi) is 3.59. The van der Waals surface area contributed by atoms with Crippen molar-refractivity contribution < 1.29 is 4.84 Å². The molecule has 2 rings (SSSR count). The van der Waals surface area contributed by atoms with Crippen molar-refractivity contribution in [3.8, 4) is 0 Å². The van der Waals surface area contributed by atoms with Crippen LogP contribution in [0.5, 0.6) is 0 Å². The number of benzene rings is 1. The summed E-state index contributed by atoms with van der Waals surface area (Å²) in [6.45, 7) is 3.14.